The van der Waals surface area contributed by atoms with E-state index in [1.54, 1.807) is 12.3 Å². The fourth-order valence-corrected chi connectivity index (χ4v) is 1.77. The van der Waals surface area contributed by atoms with Crippen LogP contribution in [0.25, 0.3) is 0 Å². The predicted molar refractivity (Wildman–Crippen MR) is 55.3 cm³/mol. The van der Waals surface area contributed by atoms with Gasteiger partial charge in [0.1, 0.15) is 5.60 Å². The van der Waals surface area contributed by atoms with Crippen LogP contribution < -0.4 is 10.1 Å². The van der Waals surface area contributed by atoms with Crippen LogP contribution in [-0.4, -0.2) is 23.7 Å². The molecule has 1 aliphatic heterocycles. The van der Waals surface area contributed by atoms with Gasteiger partial charge in [0.2, 0.25) is 0 Å². The van der Waals surface area contributed by atoms with Gasteiger partial charge in [0.25, 0.3) is 0 Å². The highest BCUT2D eigenvalue weighted by Crippen LogP contribution is 2.27. The van der Waals surface area contributed by atoms with Gasteiger partial charge in [-0.15, -0.1) is 0 Å². The summed E-state index contributed by atoms with van der Waals surface area (Å²) in [5.74, 6) is -0.0911. The summed E-state index contributed by atoms with van der Waals surface area (Å²) in [5.41, 5.74) is -0.257. The normalized spacial score (nSPS) is 19.9. The molecule has 2 rings (SSSR count). The standard InChI is InChI=1S/C11H15FN2O/c1-11(3-6-13-7-4-11)15-10-2-5-14-8-9(10)12/h2,5,8,13H,3-4,6-7H2,1H3. The molecule has 4 heteroatoms. The number of aromatic nitrogens is 1. The summed E-state index contributed by atoms with van der Waals surface area (Å²) < 4.78 is 19.0. The van der Waals surface area contributed by atoms with Gasteiger partial charge < -0.3 is 10.1 Å². The Hall–Kier alpha value is -1.16. The van der Waals surface area contributed by atoms with Crippen molar-refractivity contribution in [3.8, 4) is 5.75 Å². The molecule has 0 spiro atoms. The molecule has 0 unspecified atom stereocenters. The number of nitrogens with one attached hydrogen (secondary N) is 1. The second kappa shape index (κ2) is 4.14. The van der Waals surface area contributed by atoms with E-state index in [0.717, 1.165) is 25.9 Å². The highest BCUT2D eigenvalue weighted by molar-refractivity contribution is 5.20. The van der Waals surface area contributed by atoms with Crippen LogP contribution in [0, 0.1) is 5.82 Å². The average Bonchev–Trinajstić information content (AvgIpc) is 2.22. The molecule has 0 aromatic carbocycles. The summed E-state index contributed by atoms with van der Waals surface area (Å²) in [7, 11) is 0. The molecule has 0 radical (unpaired) electrons. The third-order valence-corrected chi connectivity index (χ3v) is 2.75. The predicted octanol–water partition coefficient (Wildman–Crippen LogP) is 1.74. The van der Waals surface area contributed by atoms with E-state index in [2.05, 4.69) is 10.3 Å². The SMILES string of the molecule is CC1(Oc2ccncc2F)CCNCC1. The summed E-state index contributed by atoms with van der Waals surface area (Å²) in [6.45, 7) is 3.86. The number of halogens is 1. The van der Waals surface area contributed by atoms with Gasteiger partial charge in [0.05, 0.1) is 6.20 Å². The lowest BCUT2D eigenvalue weighted by Crippen LogP contribution is -2.44. The van der Waals surface area contributed by atoms with E-state index in [1.807, 2.05) is 6.92 Å². The van der Waals surface area contributed by atoms with E-state index >= 15 is 0 Å². The zero-order chi connectivity index (χ0) is 10.7. The van der Waals surface area contributed by atoms with Crippen molar-refractivity contribution in [2.75, 3.05) is 13.1 Å². The van der Waals surface area contributed by atoms with Crippen LogP contribution in [0.1, 0.15) is 19.8 Å². The fraction of sp³-hybridized carbons (Fsp3) is 0.545. The Labute approximate surface area is 88.7 Å². The number of piperidine rings is 1. The van der Waals surface area contributed by atoms with Crippen molar-refractivity contribution >= 4 is 0 Å². The van der Waals surface area contributed by atoms with E-state index in [-0.39, 0.29) is 5.60 Å². The molecule has 0 aliphatic carbocycles. The van der Waals surface area contributed by atoms with E-state index in [1.165, 1.54) is 6.20 Å². The lowest BCUT2D eigenvalue weighted by Gasteiger charge is -2.34. The fourth-order valence-electron chi connectivity index (χ4n) is 1.77. The smallest absolute Gasteiger partial charge is 0.183 e. The van der Waals surface area contributed by atoms with Crippen LogP contribution in [0.3, 0.4) is 0 Å². The molecule has 1 aliphatic rings. The van der Waals surface area contributed by atoms with Crippen molar-refractivity contribution in [2.24, 2.45) is 0 Å². The van der Waals surface area contributed by atoms with Gasteiger partial charge in [-0.2, -0.15) is 0 Å². The minimum absolute atomic E-state index is 0.257. The van der Waals surface area contributed by atoms with Gasteiger partial charge in [-0.05, 0) is 32.9 Å². The molecular weight excluding hydrogens is 195 g/mol. The van der Waals surface area contributed by atoms with Crippen molar-refractivity contribution in [1.82, 2.24) is 10.3 Å². The van der Waals surface area contributed by atoms with Gasteiger partial charge >= 0.3 is 0 Å². The lowest BCUT2D eigenvalue weighted by molar-refractivity contribution is 0.0513. The highest BCUT2D eigenvalue weighted by Gasteiger charge is 2.29. The molecule has 1 aromatic rings. The number of pyridine rings is 1. The summed E-state index contributed by atoms with van der Waals surface area (Å²) in [6.07, 6.45) is 4.52. The Kier molecular flexibility index (Phi) is 2.86. The maximum atomic E-state index is 13.3. The monoisotopic (exact) mass is 210 g/mol. The van der Waals surface area contributed by atoms with Crippen LogP contribution >= 0.6 is 0 Å². The minimum Gasteiger partial charge on any atom is -0.484 e. The zero-order valence-electron chi connectivity index (χ0n) is 8.79. The van der Waals surface area contributed by atoms with Crippen LogP contribution in [0.15, 0.2) is 18.5 Å². The van der Waals surface area contributed by atoms with E-state index in [4.69, 9.17) is 4.74 Å². The average molecular weight is 210 g/mol. The van der Waals surface area contributed by atoms with Crippen LogP contribution in [0.5, 0.6) is 5.75 Å². The summed E-state index contributed by atoms with van der Waals surface area (Å²) in [4.78, 5) is 3.69. The lowest BCUT2D eigenvalue weighted by atomic mass is 9.94. The first-order valence-electron chi connectivity index (χ1n) is 5.19. The van der Waals surface area contributed by atoms with E-state index in [9.17, 15) is 4.39 Å². The van der Waals surface area contributed by atoms with Gasteiger partial charge in [-0.25, -0.2) is 4.39 Å². The summed E-state index contributed by atoms with van der Waals surface area (Å²) >= 11 is 0. The van der Waals surface area contributed by atoms with Gasteiger partial charge in [0.15, 0.2) is 11.6 Å². The molecule has 0 saturated carbocycles. The molecule has 0 amide bonds. The molecule has 0 bridgehead atoms. The van der Waals surface area contributed by atoms with Crippen molar-refractivity contribution in [3.63, 3.8) is 0 Å². The second-order valence-electron chi connectivity index (χ2n) is 4.11. The molecular formula is C11H15FN2O. The van der Waals surface area contributed by atoms with Crippen molar-refractivity contribution in [1.29, 1.82) is 0 Å². The Bertz CT molecular complexity index is 337. The van der Waals surface area contributed by atoms with Gasteiger partial charge in [0, 0.05) is 12.3 Å². The maximum Gasteiger partial charge on any atom is 0.183 e. The molecule has 0 atom stereocenters. The largest absolute Gasteiger partial charge is 0.484 e. The first-order valence-corrected chi connectivity index (χ1v) is 5.19. The quantitative estimate of drug-likeness (QED) is 0.807. The van der Waals surface area contributed by atoms with Crippen LogP contribution in [0.4, 0.5) is 4.39 Å². The zero-order valence-corrected chi connectivity index (χ0v) is 8.79. The number of nitrogens with zero attached hydrogens (tertiary/aromatic N) is 1. The highest BCUT2D eigenvalue weighted by atomic mass is 19.1. The second-order valence-corrected chi connectivity index (χ2v) is 4.11. The molecule has 1 N–H and O–H groups in total. The van der Waals surface area contributed by atoms with Crippen molar-refractivity contribution < 1.29 is 9.13 Å². The third-order valence-electron chi connectivity index (χ3n) is 2.75. The van der Waals surface area contributed by atoms with Crippen molar-refractivity contribution in [2.45, 2.75) is 25.4 Å². The molecule has 15 heavy (non-hydrogen) atoms. The first kappa shape index (κ1) is 10.4. The van der Waals surface area contributed by atoms with Gasteiger partial charge in [-0.3, -0.25) is 4.98 Å². The Balaban J connectivity index is 2.10. The summed E-state index contributed by atoms with van der Waals surface area (Å²) in [6, 6.07) is 1.57. The maximum absolute atomic E-state index is 13.3. The van der Waals surface area contributed by atoms with Crippen LogP contribution in [0.2, 0.25) is 0 Å². The molecule has 1 saturated heterocycles. The van der Waals surface area contributed by atoms with Crippen molar-refractivity contribution in [3.05, 3.63) is 24.3 Å². The van der Waals surface area contributed by atoms with E-state index in [0.29, 0.717) is 5.75 Å². The topological polar surface area (TPSA) is 34.1 Å². The van der Waals surface area contributed by atoms with E-state index < -0.39 is 5.82 Å². The Morgan fingerprint density at radius 3 is 2.87 bits per heavy atom. The van der Waals surface area contributed by atoms with Gasteiger partial charge in [-0.1, -0.05) is 0 Å². The summed E-state index contributed by atoms with van der Waals surface area (Å²) in [5, 5.41) is 3.25. The van der Waals surface area contributed by atoms with Crippen LogP contribution in [-0.2, 0) is 0 Å². The number of hydrogen-bond acceptors (Lipinski definition) is 3. The number of hydrogen-bond donors (Lipinski definition) is 1. The minimum atomic E-state index is -0.391. The Morgan fingerprint density at radius 1 is 1.47 bits per heavy atom. The molecule has 1 fully saturated rings. The first-order chi connectivity index (χ1) is 7.20. The molecule has 82 valence electrons. The number of rotatable bonds is 2. The molecule has 3 nitrogen and oxygen atoms in total. The third kappa shape index (κ3) is 2.45. The Morgan fingerprint density at radius 2 is 2.20 bits per heavy atom. The molecule has 2 heterocycles. The number of ether oxygens (including phenoxy) is 1. The molecule has 1 aromatic heterocycles.